The first kappa shape index (κ1) is 14.7. The Balaban J connectivity index is 1.59. The zero-order chi connectivity index (χ0) is 14.7. The molecule has 21 heavy (non-hydrogen) atoms. The van der Waals surface area contributed by atoms with Crippen molar-refractivity contribution in [1.82, 2.24) is 15.0 Å². The number of nitrogens with zero attached hydrogens (tertiary/aromatic N) is 3. The van der Waals surface area contributed by atoms with E-state index in [1.54, 1.807) is 11.3 Å². The van der Waals surface area contributed by atoms with Crippen molar-refractivity contribution in [2.75, 3.05) is 19.7 Å². The molecule has 6 heteroatoms. The summed E-state index contributed by atoms with van der Waals surface area (Å²) in [6.45, 7) is 5.11. The summed E-state index contributed by atoms with van der Waals surface area (Å²) in [4.78, 5) is 6.79. The Hall–Kier alpha value is -1.24. The molecule has 0 aromatic carbocycles. The zero-order valence-corrected chi connectivity index (χ0v) is 13.1. The van der Waals surface area contributed by atoms with Crippen LogP contribution in [-0.4, -0.2) is 39.8 Å². The van der Waals surface area contributed by atoms with E-state index in [1.165, 1.54) is 0 Å². The normalized spacial score (nSPS) is 19.0. The molecule has 5 nitrogen and oxygen atoms in total. The molecule has 0 radical (unpaired) electrons. The second-order valence-corrected chi connectivity index (χ2v) is 6.59. The van der Waals surface area contributed by atoms with Crippen molar-refractivity contribution in [3.8, 4) is 11.4 Å². The molecule has 114 valence electrons. The number of aliphatic hydroxyl groups is 1. The van der Waals surface area contributed by atoms with Gasteiger partial charge in [-0.1, -0.05) is 12.1 Å². The number of likely N-dealkylation sites (tertiary alicyclic amines) is 1. The highest BCUT2D eigenvalue weighted by Crippen LogP contribution is 2.34. The Morgan fingerprint density at radius 2 is 2.24 bits per heavy atom. The van der Waals surface area contributed by atoms with Gasteiger partial charge in [-0.2, -0.15) is 16.3 Å². The average molecular weight is 307 g/mol. The fourth-order valence-corrected chi connectivity index (χ4v) is 3.46. The van der Waals surface area contributed by atoms with Gasteiger partial charge in [-0.15, -0.1) is 0 Å². The molecule has 3 rings (SSSR count). The van der Waals surface area contributed by atoms with Crippen LogP contribution in [-0.2, 0) is 6.54 Å². The van der Waals surface area contributed by atoms with Gasteiger partial charge < -0.3 is 9.63 Å². The number of rotatable bonds is 5. The van der Waals surface area contributed by atoms with Crippen LogP contribution in [0.5, 0.6) is 0 Å². The van der Waals surface area contributed by atoms with Gasteiger partial charge >= 0.3 is 0 Å². The lowest BCUT2D eigenvalue weighted by Gasteiger charge is -2.39. The highest BCUT2D eigenvalue weighted by Gasteiger charge is 2.32. The minimum atomic E-state index is 0.118. The predicted molar refractivity (Wildman–Crippen MR) is 81.9 cm³/mol. The highest BCUT2D eigenvalue weighted by molar-refractivity contribution is 7.08. The zero-order valence-electron chi connectivity index (χ0n) is 12.3. The maximum atomic E-state index is 9.57. The van der Waals surface area contributed by atoms with E-state index >= 15 is 0 Å². The van der Waals surface area contributed by atoms with Crippen molar-refractivity contribution >= 4 is 11.3 Å². The lowest BCUT2D eigenvalue weighted by atomic mass is 9.77. The van der Waals surface area contributed by atoms with Crippen LogP contribution in [0.25, 0.3) is 11.4 Å². The Labute approximate surface area is 128 Å². The lowest BCUT2D eigenvalue weighted by Crippen LogP contribution is -2.41. The molecule has 1 saturated heterocycles. The van der Waals surface area contributed by atoms with E-state index in [2.05, 4.69) is 22.0 Å². The molecule has 0 aliphatic carbocycles. The van der Waals surface area contributed by atoms with Crippen molar-refractivity contribution in [2.24, 2.45) is 5.41 Å². The summed E-state index contributed by atoms with van der Waals surface area (Å²) in [7, 11) is 0. The predicted octanol–water partition coefficient (Wildman–Crippen LogP) is 2.78. The number of hydrogen-bond donors (Lipinski definition) is 1. The largest absolute Gasteiger partial charge is 0.396 e. The van der Waals surface area contributed by atoms with Crippen LogP contribution >= 0.6 is 11.3 Å². The molecule has 2 aromatic heterocycles. The van der Waals surface area contributed by atoms with E-state index < -0.39 is 0 Å². The number of aromatic nitrogens is 2. The molecular formula is C15H21N3O2S. The second kappa shape index (κ2) is 6.25. The molecule has 0 spiro atoms. The third kappa shape index (κ3) is 3.17. The molecule has 2 aromatic rings. The molecule has 0 amide bonds. The molecule has 0 bridgehead atoms. The number of aliphatic hydroxyl groups excluding tert-OH is 1. The van der Waals surface area contributed by atoms with E-state index in [-0.39, 0.29) is 5.41 Å². The minimum Gasteiger partial charge on any atom is -0.396 e. The Bertz CT molecular complexity index is 553. The van der Waals surface area contributed by atoms with Crippen molar-refractivity contribution in [2.45, 2.75) is 32.7 Å². The first-order valence-corrected chi connectivity index (χ1v) is 8.37. The SMILES string of the molecule is CCC1(CO)CCN(Cc2nc(-c3ccsc3)no2)CC1. The molecule has 1 fully saturated rings. The number of thiophene rings is 1. The van der Waals surface area contributed by atoms with Crippen LogP contribution in [0.2, 0.25) is 0 Å². The lowest BCUT2D eigenvalue weighted by molar-refractivity contribution is 0.0348. The fourth-order valence-electron chi connectivity index (χ4n) is 2.83. The fraction of sp³-hybridized carbons (Fsp3) is 0.600. The van der Waals surface area contributed by atoms with Gasteiger partial charge in [0.15, 0.2) is 0 Å². The third-order valence-corrected chi connectivity index (χ3v) is 5.29. The highest BCUT2D eigenvalue weighted by atomic mass is 32.1. The molecule has 3 heterocycles. The smallest absolute Gasteiger partial charge is 0.241 e. The van der Waals surface area contributed by atoms with Gasteiger partial charge in [-0.05, 0) is 49.2 Å². The molecule has 1 aliphatic rings. The summed E-state index contributed by atoms with van der Waals surface area (Å²) in [5.74, 6) is 1.34. The Morgan fingerprint density at radius 3 is 2.86 bits per heavy atom. The van der Waals surface area contributed by atoms with Crippen molar-refractivity contribution < 1.29 is 9.63 Å². The maximum Gasteiger partial charge on any atom is 0.241 e. The van der Waals surface area contributed by atoms with Crippen LogP contribution < -0.4 is 0 Å². The molecular weight excluding hydrogens is 286 g/mol. The number of hydrogen-bond acceptors (Lipinski definition) is 6. The monoisotopic (exact) mass is 307 g/mol. The van der Waals surface area contributed by atoms with Crippen LogP contribution in [0, 0.1) is 5.41 Å². The third-order valence-electron chi connectivity index (χ3n) is 4.61. The van der Waals surface area contributed by atoms with Crippen LogP contribution in [0.3, 0.4) is 0 Å². The summed E-state index contributed by atoms with van der Waals surface area (Å²) >= 11 is 1.63. The summed E-state index contributed by atoms with van der Waals surface area (Å²) in [6, 6.07) is 2.00. The first-order valence-electron chi connectivity index (χ1n) is 7.43. The summed E-state index contributed by atoms with van der Waals surface area (Å²) in [5.41, 5.74) is 1.13. The maximum absolute atomic E-state index is 9.57. The standard InChI is InChI=1S/C15H21N3O2S/c1-2-15(11-19)4-6-18(7-5-15)9-13-16-14(17-20-13)12-3-8-21-10-12/h3,8,10,19H,2,4-7,9,11H2,1H3. The van der Waals surface area contributed by atoms with Gasteiger partial charge in [0.1, 0.15) is 0 Å². The van der Waals surface area contributed by atoms with E-state index in [0.29, 0.717) is 24.9 Å². The summed E-state index contributed by atoms with van der Waals surface area (Å²) < 4.78 is 5.35. The van der Waals surface area contributed by atoms with E-state index in [4.69, 9.17) is 4.52 Å². The van der Waals surface area contributed by atoms with Gasteiger partial charge in [-0.25, -0.2) is 0 Å². The second-order valence-electron chi connectivity index (χ2n) is 5.81. The van der Waals surface area contributed by atoms with Crippen molar-refractivity contribution in [1.29, 1.82) is 0 Å². The molecule has 1 N–H and O–H groups in total. The van der Waals surface area contributed by atoms with Gasteiger partial charge in [0.2, 0.25) is 11.7 Å². The van der Waals surface area contributed by atoms with Gasteiger partial charge in [-0.3, -0.25) is 4.90 Å². The van der Waals surface area contributed by atoms with Crippen molar-refractivity contribution in [3.63, 3.8) is 0 Å². The van der Waals surface area contributed by atoms with Crippen LogP contribution in [0.4, 0.5) is 0 Å². The van der Waals surface area contributed by atoms with E-state index in [9.17, 15) is 5.11 Å². The van der Waals surface area contributed by atoms with Crippen molar-refractivity contribution in [3.05, 3.63) is 22.7 Å². The molecule has 1 aliphatic heterocycles. The average Bonchev–Trinajstić information content (AvgIpc) is 3.19. The minimum absolute atomic E-state index is 0.118. The molecule has 0 unspecified atom stereocenters. The first-order chi connectivity index (χ1) is 10.2. The quantitative estimate of drug-likeness (QED) is 0.920. The Morgan fingerprint density at radius 1 is 1.43 bits per heavy atom. The summed E-state index contributed by atoms with van der Waals surface area (Å²) in [6.07, 6.45) is 3.11. The molecule has 0 atom stereocenters. The van der Waals surface area contributed by atoms with Gasteiger partial charge in [0.25, 0.3) is 0 Å². The van der Waals surface area contributed by atoms with Crippen LogP contribution in [0.15, 0.2) is 21.3 Å². The summed E-state index contributed by atoms with van der Waals surface area (Å²) in [5, 5.41) is 17.6. The Kier molecular flexibility index (Phi) is 4.37. The van der Waals surface area contributed by atoms with Crippen LogP contribution in [0.1, 0.15) is 32.1 Å². The number of piperidine rings is 1. The van der Waals surface area contributed by atoms with E-state index in [0.717, 1.165) is 37.9 Å². The van der Waals surface area contributed by atoms with Gasteiger partial charge in [0, 0.05) is 17.6 Å². The topological polar surface area (TPSA) is 62.4 Å². The molecule has 0 saturated carbocycles. The van der Waals surface area contributed by atoms with Gasteiger partial charge in [0.05, 0.1) is 6.54 Å². The van der Waals surface area contributed by atoms with E-state index in [1.807, 2.05) is 16.8 Å².